The Morgan fingerprint density at radius 1 is 1.12 bits per heavy atom. The first kappa shape index (κ1) is 15.8. The Morgan fingerprint density at radius 3 is 2.00 bits per heavy atom. The van der Waals surface area contributed by atoms with Crippen LogP contribution in [-0.2, 0) is 20.2 Å². The van der Waals surface area contributed by atoms with E-state index in [0.29, 0.717) is 0 Å². The summed E-state index contributed by atoms with van der Waals surface area (Å²) < 4.78 is 48.5. The monoisotopic (exact) mass is 273 g/mol. The molecule has 0 aromatic carbocycles. The molecule has 0 amide bonds. The number of rotatable bonds is 6. The SMILES string of the molecule is CC(C)(C)NS(=O)(=O)NCCCS(N)(=O)=O. The van der Waals surface area contributed by atoms with Gasteiger partial charge in [0.05, 0.1) is 5.75 Å². The lowest BCUT2D eigenvalue weighted by atomic mass is 10.1. The van der Waals surface area contributed by atoms with Crippen molar-refractivity contribution in [2.75, 3.05) is 12.3 Å². The van der Waals surface area contributed by atoms with Gasteiger partial charge in [0, 0.05) is 12.1 Å². The number of sulfonamides is 1. The Kier molecular flexibility index (Phi) is 5.33. The van der Waals surface area contributed by atoms with E-state index in [2.05, 4.69) is 9.44 Å². The van der Waals surface area contributed by atoms with Gasteiger partial charge in [-0.2, -0.15) is 13.1 Å². The highest BCUT2D eigenvalue weighted by Crippen LogP contribution is 2.00. The molecule has 16 heavy (non-hydrogen) atoms. The molecule has 0 aromatic heterocycles. The van der Waals surface area contributed by atoms with Crippen LogP contribution in [0.3, 0.4) is 0 Å². The van der Waals surface area contributed by atoms with Crippen LogP contribution in [0.4, 0.5) is 0 Å². The maximum absolute atomic E-state index is 11.4. The zero-order chi connectivity index (χ0) is 13.0. The summed E-state index contributed by atoms with van der Waals surface area (Å²) >= 11 is 0. The molecule has 4 N–H and O–H groups in total. The average molecular weight is 273 g/mol. The fraction of sp³-hybridized carbons (Fsp3) is 1.00. The average Bonchev–Trinajstić information content (AvgIpc) is 1.91. The van der Waals surface area contributed by atoms with E-state index in [4.69, 9.17) is 5.14 Å². The van der Waals surface area contributed by atoms with Gasteiger partial charge in [0.15, 0.2) is 0 Å². The zero-order valence-corrected chi connectivity index (χ0v) is 11.3. The van der Waals surface area contributed by atoms with Crippen molar-refractivity contribution in [2.24, 2.45) is 5.14 Å². The molecule has 0 saturated carbocycles. The van der Waals surface area contributed by atoms with Crippen LogP contribution in [0.15, 0.2) is 0 Å². The second kappa shape index (κ2) is 5.41. The minimum atomic E-state index is -3.59. The van der Waals surface area contributed by atoms with Crippen molar-refractivity contribution in [3.05, 3.63) is 0 Å². The van der Waals surface area contributed by atoms with Crippen LogP contribution >= 0.6 is 0 Å². The Morgan fingerprint density at radius 2 is 1.62 bits per heavy atom. The van der Waals surface area contributed by atoms with E-state index in [1.807, 2.05) is 0 Å². The van der Waals surface area contributed by atoms with Gasteiger partial charge in [-0.05, 0) is 27.2 Å². The predicted molar refractivity (Wildman–Crippen MR) is 62.4 cm³/mol. The molecule has 0 bridgehead atoms. The van der Waals surface area contributed by atoms with Crippen molar-refractivity contribution in [2.45, 2.75) is 32.7 Å². The number of primary sulfonamides is 1. The van der Waals surface area contributed by atoms with Crippen LogP contribution in [0.1, 0.15) is 27.2 Å². The minimum Gasteiger partial charge on any atom is -0.229 e. The van der Waals surface area contributed by atoms with Gasteiger partial charge in [0.1, 0.15) is 0 Å². The number of nitrogens with two attached hydrogens (primary N) is 1. The van der Waals surface area contributed by atoms with E-state index in [9.17, 15) is 16.8 Å². The standard InChI is InChI=1S/C7H19N3O4S2/c1-7(2,3)10-16(13,14)9-5-4-6-15(8,11)12/h9-10H,4-6H2,1-3H3,(H2,8,11,12). The maximum atomic E-state index is 11.4. The molecule has 0 saturated heterocycles. The third-order valence-corrected chi connectivity index (χ3v) is 3.66. The number of hydrogen-bond acceptors (Lipinski definition) is 4. The van der Waals surface area contributed by atoms with E-state index >= 15 is 0 Å². The molecular weight excluding hydrogens is 254 g/mol. The first-order chi connectivity index (χ1) is 6.91. The molecule has 0 fully saturated rings. The van der Waals surface area contributed by atoms with Crippen LogP contribution in [0.5, 0.6) is 0 Å². The van der Waals surface area contributed by atoms with Gasteiger partial charge in [0.25, 0.3) is 10.2 Å². The molecule has 0 spiro atoms. The van der Waals surface area contributed by atoms with Crippen molar-refractivity contribution in [1.29, 1.82) is 0 Å². The van der Waals surface area contributed by atoms with Gasteiger partial charge in [-0.1, -0.05) is 0 Å². The largest absolute Gasteiger partial charge is 0.277 e. The molecule has 0 unspecified atom stereocenters. The van der Waals surface area contributed by atoms with Crippen LogP contribution < -0.4 is 14.6 Å². The third kappa shape index (κ3) is 10.3. The van der Waals surface area contributed by atoms with Crippen LogP contribution in [0.2, 0.25) is 0 Å². The predicted octanol–water partition coefficient (Wildman–Crippen LogP) is -1.11. The highest BCUT2D eigenvalue weighted by Gasteiger charge is 2.18. The van der Waals surface area contributed by atoms with Crippen molar-refractivity contribution >= 4 is 20.2 Å². The van der Waals surface area contributed by atoms with Crippen molar-refractivity contribution in [3.8, 4) is 0 Å². The van der Waals surface area contributed by atoms with Gasteiger partial charge in [0.2, 0.25) is 10.0 Å². The first-order valence-corrected chi connectivity index (χ1v) is 7.90. The minimum absolute atomic E-state index is 0.0296. The third-order valence-electron chi connectivity index (χ3n) is 1.34. The molecule has 0 aliphatic heterocycles. The first-order valence-electron chi connectivity index (χ1n) is 4.70. The molecule has 0 aliphatic rings. The Hall–Kier alpha value is -0.220. The molecule has 9 heteroatoms. The smallest absolute Gasteiger partial charge is 0.229 e. The topological polar surface area (TPSA) is 118 Å². The summed E-state index contributed by atoms with van der Waals surface area (Å²) in [5, 5.41) is 4.77. The molecule has 0 rings (SSSR count). The summed E-state index contributed by atoms with van der Waals surface area (Å²) in [5.41, 5.74) is -0.578. The van der Waals surface area contributed by atoms with Gasteiger partial charge < -0.3 is 0 Å². The van der Waals surface area contributed by atoms with E-state index in [1.54, 1.807) is 20.8 Å². The van der Waals surface area contributed by atoms with Crippen LogP contribution in [0, 0.1) is 0 Å². The fourth-order valence-corrected chi connectivity index (χ4v) is 2.76. The highest BCUT2D eigenvalue weighted by atomic mass is 32.2. The second-order valence-corrected chi connectivity index (χ2v) is 7.70. The lowest BCUT2D eigenvalue weighted by Crippen LogP contribution is -2.47. The number of hydrogen-bond donors (Lipinski definition) is 3. The molecule has 0 heterocycles. The van der Waals surface area contributed by atoms with Gasteiger partial charge in [-0.3, -0.25) is 0 Å². The van der Waals surface area contributed by atoms with E-state index in [0.717, 1.165) is 0 Å². The summed E-state index contributed by atoms with van der Waals surface area (Å²) in [6, 6.07) is 0. The Bertz CT molecular complexity index is 407. The summed E-state index contributed by atoms with van der Waals surface area (Å²) in [7, 11) is -7.12. The molecule has 7 nitrogen and oxygen atoms in total. The lowest BCUT2D eigenvalue weighted by molar-refractivity contribution is 0.483. The van der Waals surface area contributed by atoms with Gasteiger partial charge in [-0.25, -0.2) is 18.3 Å². The Balaban J connectivity index is 4.03. The van der Waals surface area contributed by atoms with Gasteiger partial charge in [-0.15, -0.1) is 0 Å². The molecule has 0 aliphatic carbocycles. The molecule has 0 aromatic rings. The molecule has 98 valence electrons. The maximum Gasteiger partial charge on any atom is 0.277 e. The summed E-state index contributed by atoms with van der Waals surface area (Å²) in [6.45, 7) is 5.14. The van der Waals surface area contributed by atoms with E-state index in [-0.39, 0.29) is 18.7 Å². The molecule has 0 radical (unpaired) electrons. The van der Waals surface area contributed by atoms with Gasteiger partial charge >= 0.3 is 0 Å². The van der Waals surface area contributed by atoms with Crippen LogP contribution in [0.25, 0.3) is 0 Å². The lowest BCUT2D eigenvalue weighted by Gasteiger charge is -2.20. The molecular formula is C7H19N3O4S2. The van der Waals surface area contributed by atoms with Crippen LogP contribution in [-0.4, -0.2) is 34.7 Å². The quantitative estimate of drug-likeness (QED) is 0.531. The van der Waals surface area contributed by atoms with E-state index < -0.39 is 25.8 Å². The summed E-state index contributed by atoms with van der Waals surface area (Å²) in [4.78, 5) is 0. The van der Waals surface area contributed by atoms with Crippen molar-refractivity contribution in [3.63, 3.8) is 0 Å². The molecule has 0 atom stereocenters. The van der Waals surface area contributed by atoms with E-state index in [1.165, 1.54) is 0 Å². The highest BCUT2D eigenvalue weighted by molar-refractivity contribution is 7.89. The van der Waals surface area contributed by atoms with Crippen molar-refractivity contribution < 1.29 is 16.8 Å². The summed E-state index contributed by atoms with van der Waals surface area (Å²) in [5.74, 6) is -0.245. The van der Waals surface area contributed by atoms with Crippen molar-refractivity contribution in [1.82, 2.24) is 9.44 Å². The summed E-state index contributed by atoms with van der Waals surface area (Å²) in [6.07, 6.45) is 0.143. The normalized spacial score (nSPS) is 14.0. The zero-order valence-electron chi connectivity index (χ0n) is 9.65. The fourth-order valence-electron chi connectivity index (χ4n) is 0.919. The second-order valence-electron chi connectivity index (χ2n) is 4.47. The number of nitrogens with one attached hydrogen (secondary N) is 2. The Labute approximate surface area is 97.0 Å².